The van der Waals surface area contributed by atoms with Crippen LogP contribution in [0.25, 0.3) is 0 Å². The maximum absolute atomic E-state index is 3.78. The van der Waals surface area contributed by atoms with E-state index >= 15 is 0 Å². The van der Waals surface area contributed by atoms with E-state index in [-0.39, 0.29) is 0 Å². The zero-order valence-corrected chi connectivity index (χ0v) is 10.4. The number of nitrogens with one attached hydrogen (secondary N) is 1. The lowest BCUT2D eigenvalue weighted by Gasteiger charge is -2.22. The molecule has 1 aromatic rings. The van der Waals surface area contributed by atoms with Gasteiger partial charge in [-0.1, -0.05) is 43.7 Å². The molecular weight excluding hydrogens is 194 g/mol. The van der Waals surface area contributed by atoms with Crippen LogP contribution in [0.3, 0.4) is 0 Å². The molecule has 1 aliphatic rings. The molecule has 0 saturated heterocycles. The molecule has 0 bridgehead atoms. The first-order valence-electron chi connectivity index (χ1n) is 6.55. The van der Waals surface area contributed by atoms with Gasteiger partial charge in [-0.3, -0.25) is 0 Å². The average Bonchev–Trinajstić information content (AvgIpc) is 2.66. The van der Waals surface area contributed by atoms with Crippen molar-refractivity contribution in [1.82, 2.24) is 5.32 Å². The number of hydrogen-bond donors (Lipinski definition) is 1. The van der Waals surface area contributed by atoms with Crippen molar-refractivity contribution in [3.8, 4) is 0 Å². The van der Waals surface area contributed by atoms with Crippen molar-refractivity contribution in [2.75, 3.05) is 0 Å². The van der Waals surface area contributed by atoms with Gasteiger partial charge in [0.25, 0.3) is 0 Å². The van der Waals surface area contributed by atoms with Crippen LogP contribution in [0.2, 0.25) is 0 Å². The minimum atomic E-state index is 0.591. The quantitative estimate of drug-likeness (QED) is 0.815. The molecule has 1 heteroatoms. The highest BCUT2D eigenvalue weighted by Gasteiger charge is 2.24. The summed E-state index contributed by atoms with van der Waals surface area (Å²) >= 11 is 0. The standard InChI is InChI=1S/C15H23N/c1-12-7-6-10-15(12)16-13(2)11-14-8-4-3-5-9-14/h3-5,8-9,12-13,15-16H,6-7,10-11H2,1-2H3. The molecule has 3 unspecified atom stereocenters. The maximum atomic E-state index is 3.78. The Kier molecular flexibility index (Phi) is 4.00. The van der Waals surface area contributed by atoms with Gasteiger partial charge in [0.05, 0.1) is 0 Å². The van der Waals surface area contributed by atoms with Gasteiger partial charge in [-0.15, -0.1) is 0 Å². The summed E-state index contributed by atoms with van der Waals surface area (Å²) < 4.78 is 0. The van der Waals surface area contributed by atoms with Crippen LogP contribution in [0.4, 0.5) is 0 Å². The first-order chi connectivity index (χ1) is 7.75. The van der Waals surface area contributed by atoms with Crippen molar-refractivity contribution in [3.63, 3.8) is 0 Å². The van der Waals surface area contributed by atoms with Crippen molar-refractivity contribution < 1.29 is 0 Å². The zero-order valence-electron chi connectivity index (χ0n) is 10.4. The van der Waals surface area contributed by atoms with Crippen LogP contribution in [0.1, 0.15) is 38.7 Å². The van der Waals surface area contributed by atoms with E-state index in [1.807, 2.05) is 0 Å². The Bertz CT molecular complexity index is 306. The van der Waals surface area contributed by atoms with E-state index in [1.165, 1.54) is 24.8 Å². The van der Waals surface area contributed by atoms with E-state index in [9.17, 15) is 0 Å². The molecule has 88 valence electrons. The zero-order chi connectivity index (χ0) is 11.4. The van der Waals surface area contributed by atoms with Gasteiger partial charge in [-0.2, -0.15) is 0 Å². The minimum absolute atomic E-state index is 0.591. The van der Waals surface area contributed by atoms with Crippen LogP contribution in [0.15, 0.2) is 30.3 Å². The van der Waals surface area contributed by atoms with Crippen LogP contribution < -0.4 is 5.32 Å². The van der Waals surface area contributed by atoms with Crippen molar-refractivity contribution in [3.05, 3.63) is 35.9 Å². The highest BCUT2D eigenvalue weighted by atomic mass is 15.0. The van der Waals surface area contributed by atoms with Crippen LogP contribution >= 0.6 is 0 Å². The van der Waals surface area contributed by atoms with Gasteiger partial charge in [-0.05, 0) is 37.7 Å². The smallest absolute Gasteiger partial charge is 0.00952 e. The molecule has 3 atom stereocenters. The van der Waals surface area contributed by atoms with Gasteiger partial charge in [0.1, 0.15) is 0 Å². The first-order valence-corrected chi connectivity index (χ1v) is 6.55. The summed E-state index contributed by atoms with van der Waals surface area (Å²) in [5.74, 6) is 0.859. The van der Waals surface area contributed by atoms with Gasteiger partial charge in [0.15, 0.2) is 0 Å². The van der Waals surface area contributed by atoms with E-state index < -0.39 is 0 Å². The Morgan fingerprint density at radius 3 is 2.62 bits per heavy atom. The summed E-state index contributed by atoms with van der Waals surface area (Å²) in [7, 11) is 0. The van der Waals surface area contributed by atoms with E-state index in [2.05, 4.69) is 49.5 Å². The molecule has 1 fully saturated rings. The maximum Gasteiger partial charge on any atom is 0.00952 e. The Balaban J connectivity index is 1.82. The Morgan fingerprint density at radius 2 is 2.00 bits per heavy atom. The molecule has 0 radical (unpaired) electrons. The summed E-state index contributed by atoms with van der Waals surface area (Å²) in [5.41, 5.74) is 1.44. The van der Waals surface area contributed by atoms with Crippen molar-refractivity contribution in [2.45, 2.75) is 51.6 Å². The highest BCUT2D eigenvalue weighted by Crippen LogP contribution is 2.25. The molecule has 0 aromatic heterocycles. The molecule has 0 heterocycles. The summed E-state index contributed by atoms with van der Waals surface area (Å²) in [4.78, 5) is 0. The fraction of sp³-hybridized carbons (Fsp3) is 0.600. The molecule has 0 amide bonds. The Labute approximate surface area is 99.3 Å². The number of benzene rings is 1. The monoisotopic (exact) mass is 217 g/mol. The number of rotatable bonds is 4. The van der Waals surface area contributed by atoms with Gasteiger partial charge in [0, 0.05) is 12.1 Å². The van der Waals surface area contributed by atoms with Crippen LogP contribution in [0, 0.1) is 5.92 Å². The topological polar surface area (TPSA) is 12.0 Å². The first kappa shape index (κ1) is 11.7. The van der Waals surface area contributed by atoms with Crippen molar-refractivity contribution >= 4 is 0 Å². The lowest BCUT2D eigenvalue weighted by atomic mass is 10.0. The third kappa shape index (κ3) is 3.08. The molecule has 1 aliphatic carbocycles. The lowest BCUT2D eigenvalue weighted by molar-refractivity contribution is 0.382. The van der Waals surface area contributed by atoms with Crippen molar-refractivity contribution in [1.29, 1.82) is 0 Å². The van der Waals surface area contributed by atoms with Gasteiger partial charge in [0.2, 0.25) is 0 Å². The second kappa shape index (κ2) is 5.49. The van der Waals surface area contributed by atoms with E-state index in [1.54, 1.807) is 0 Å². The largest absolute Gasteiger partial charge is 0.311 e. The minimum Gasteiger partial charge on any atom is -0.311 e. The van der Waals surface area contributed by atoms with Crippen LogP contribution in [0.5, 0.6) is 0 Å². The third-order valence-corrected chi connectivity index (χ3v) is 3.74. The third-order valence-electron chi connectivity index (χ3n) is 3.74. The van der Waals surface area contributed by atoms with Gasteiger partial charge < -0.3 is 5.32 Å². The molecule has 1 N–H and O–H groups in total. The molecule has 1 nitrogen and oxygen atoms in total. The molecule has 1 saturated carbocycles. The van der Waals surface area contributed by atoms with Crippen LogP contribution in [-0.4, -0.2) is 12.1 Å². The van der Waals surface area contributed by atoms with E-state index in [0.717, 1.165) is 18.4 Å². The normalized spacial score (nSPS) is 26.9. The predicted molar refractivity (Wildman–Crippen MR) is 69.5 cm³/mol. The van der Waals surface area contributed by atoms with Gasteiger partial charge >= 0.3 is 0 Å². The summed E-state index contributed by atoms with van der Waals surface area (Å²) in [6.45, 7) is 4.68. The lowest BCUT2D eigenvalue weighted by Crippen LogP contribution is -2.39. The molecule has 0 spiro atoms. The molecule has 2 rings (SSSR count). The second-order valence-corrected chi connectivity index (χ2v) is 5.27. The van der Waals surface area contributed by atoms with Gasteiger partial charge in [-0.25, -0.2) is 0 Å². The van der Waals surface area contributed by atoms with Crippen LogP contribution in [-0.2, 0) is 6.42 Å². The van der Waals surface area contributed by atoms with E-state index in [0.29, 0.717) is 6.04 Å². The fourth-order valence-electron chi connectivity index (χ4n) is 2.79. The van der Waals surface area contributed by atoms with E-state index in [4.69, 9.17) is 0 Å². The second-order valence-electron chi connectivity index (χ2n) is 5.27. The highest BCUT2D eigenvalue weighted by molar-refractivity contribution is 5.15. The van der Waals surface area contributed by atoms with Crippen molar-refractivity contribution in [2.24, 2.45) is 5.92 Å². The SMILES string of the molecule is CC(Cc1ccccc1)NC1CCCC1C. The Hall–Kier alpha value is -0.820. The predicted octanol–water partition coefficient (Wildman–Crippen LogP) is 3.40. The number of hydrogen-bond acceptors (Lipinski definition) is 1. The summed E-state index contributed by atoms with van der Waals surface area (Å²) in [5, 5.41) is 3.78. The summed E-state index contributed by atoms with van der Waals surface area (Å²) in [6, 6.07) is 12.1. The molecule has 16 heavy (non-hydrogen) atoms. The molecule has 0 aliphatic heterocycles. The summed E-state index contributed by atoms with van der Waals surface area (Å²) in [6.07, 6.45) is 5.30. The Morgan fingerprint density at radius 1 is 1.25 bits per heavy atom. The average molecular weight is 217 g/mol. The fourth-order valence-corrected chi connectivity index (χ4v) is 2.79. The molecule has 1 aromatic carbocycles. The molecular formula is C15H23N.